The highest BCUT2D eigenvalue weighted by atomic mass is 15.2. The summed E-state index contributed by atoms with van der Waals surface area (Å²) in [5.74, 6) is 0. The normalized spacial score (nSPS) is 13.1. The van der Waals surface area contributed by atoms with E-state index < -0.39 is 0 Å². The first-order valence-corrected chi connectivity index (χ1v) is 26.6. The molecule has 0 amide bonds. The van der Waals surface area contributed by atoms with Gasteiger partial charge >= 0.3 is 0 Å². The quantitative estimate of drug-likeness (QED) is 0.135. The largest absolute Gasteiger partial charge is 0.310 e. The summed E-state index contributed by atoms with van der Waals surface area (Å²) in [5.41, 5.74) is 27.4. The number of fused-ring (bicyclic) bond motifs is 3. The van der Waals surface area contributed by atoms with Gasteiger partial charge in [0.1, 0.15) is 0 Å². The molecule has 16 rings (SSSR count). The van der Waals surface area contributed by atoms with Crippen molar-refractivity contribution in [3.8, 4) is 55.6 Å². The highest BCUT2D eigenvalue weighted by Gasteiger charge is 2.38. The van der Waals surface area contributed by atoms with E-state index in [0.29, 0.717) is 0 Å². The maximum atomic E-state index is 2.56. The standard InChI is InChI=1S/C73H58N2/c1-73(2)67-33-19-32-65(55-24-12-5-13-25-55)72(67)66-47-46-62(50-68(66)73)75(61-44-42-58(43-45-61)71-63(53-20-8-3-9-21-53)30-18-31-64(71)54-22-10-4-11-23-54)70-49-52-35-39-56-38-34-51(36-40-57(70)41-37-52)48-69(56)74(59-26-14-6-15-27-59)60-28-16-7-17-29-60/h3-34,37-38,41-50H,35-36,39-40H2,1-2H3. The molecule has 75 heavy (non-hydrogen) atoms. The van der Waals surface area contributed by atoms with Crippen LogP contribution in [-0.2, 0) is 31.1 Å². The van der Waals surface area contributed by atoms with Crippen LogP contribution in [0.1, 0.15) is 47.2 Å². The number of nitrogens with zero attached hydrogens (tertiary/aromatic N) is 2. The SMILES string of the molecule is CC1(C)c2cc(N(c3ccc(-c4c(-c5ccccc5)cccc4-c4ccccc4)cc3)c3cc4ccc3CCc3ccc(c(N(c5ccccc5)c5ccccc5)c3)CC4)ccc2-c2c(-c3ccccc3)cccc21. The molecule has 0 fully saturated rings. The molecule has 4 bridgehead atoms. The van der Waals surface area contributed by atoms with Crippen LogP contribution in [0.5, 0.6) is 0 Å². The van der Waals surface area contributed by atoms with Crippen molar-refractivity contribution in [2.75, 3.05) is 9.80 Å². The number of hydrogen-bond acceptors (Lipinski definition) is 2. The van der Waals surface area contributed by atoms with E-state index in [9.17, 15) is 0 Å². The number of para-hydroxylation sites is 2. The Bertz CT molecular complexity index is 3730. The van der Waals surface area contributed by atoms with E-state index in [0.717, 1.165) is 37.1 Å². The molecule has 0 atom stereocenters. The van der Waals surface area contributed by atoms with Gasteiger partial charge in [-0.2, -0.15) is 0 Å². The molecule has 0 heterocycles. The number of benzene rings is 11. The van der Waals surface area contributed by atoms with Crippen LogP contribution in [-0.4, -0.2) is 0 Å². The Morgan fingerprint density at radius 1 is 0.280 bits per heavy atom. The third kappa shape index (κ3) is 8.53. The Morgan fingerprint density at radius 2 is 0.693 bits per heavy atom. The molecule has 0 saturated carbocycles. The minimum atomic E-state index is -0.214. The summed E-state index contributed by atoms with van der Waals surface area (Å²) in [6.07, 6.45) is 3.58. The third-order valence-electron chi connectivity index (χ3n) is 15.9. The molecule has 5 aliphatic carbocycles. The molecule has 360 valence electrons. The Labute approximate surface area is 442 Å². The van der Waals surface area contributed by atoms with Crippen LogP contribution in [0.25, 0.3) is 55.6 Å². The lowest BCUT2D eigenvalue weighted by Crippen LogP contribution is -2.17. The second kappa shape index (κ2) is 19.5. The van der Waals surface area contributed by atoms with Crippen molar-refractivity contribution < 1.29 is 0 Å². The van der Waals surface area contributed by atoms with Gasteiger partial charge in [-0.1, -0.05) is 220 Å². The van der Waals surface area contributed by atoms with Crippen LogP contribution in [0.15, 0.2) is 267 Å². The Balaban J connectivity index is 0.955. The topological polar surface area (TPSA) is 6.48 Å². The van der Waals surface area contributed by atoms with Crippen LogP contribution < -0.4 is 9.80 Å². The summed E-state index contributed by atoms with van der Waals surface area (Å²) in [6.45, 7) is 4.81. The van der Waals surface area contributed by atoms with E-state index >= 15 is 0 Å². The molecule has 11 aromatic carbocycles. The van der Waals surface area contributed by atoms with Crippen molar-refractivity contribution >= 4 is 34.1 Å². The molecule has 2 nitrogen and oxygen atoms in total. The first kappa shape index (κ1) is 45.9. The lowest BCUT2D eigenvalue weighted by molar-refractivity contribution is 0.660. The highest BCUT2D eigenvalue weighted by molar-refractivity contribution is 5.97. The van der Waals surface area contributed by atoms with Gasteiger partial charge in [-0.05, 0) is 175 Å². The minimum Gasteiger partial charge on any atom is -0.310 e. The van der Waals surface area contributed by atoms with E-state index in [4.69, 9.17) is 0 Å². The lowest BCUT2D eigenvalue weighted by Gasteiger charge is -2.31. The van der Waals surface area contributed by atoms with Gasteiger partial charge in [0.25, 0.3) is 0 Å². The van der Waals surface area contributed by atoms with Gasteiger partial charge in [0, 0.05) is 39.5 Å². The van der Waals surface area contributed by atoms with Gasteiger partial charge in [0.2, 0.25) is 0 Å². The molecule has 2 heteroatoms. The summed E-state index contributed by atoms with van der Waals surface area (Å²) in [5, 5.41) is 0. The van der Waals surface area contributed by atoms with Crippen LogP contribution >= 0.6 is 0 Å². The first-order valence-electron chi connectivity index (χ1n) is 26.6. The van der Waals surface area contributed by atoms with Crippen LogP contribution in [0.3, 0.4) is 0 Å². The molecule has 0 N–H and O–H groups in total. The Kier molecular flexibility index (Phi) is 11.9. The van der Waals surface area contributed by atoms with Crippen molar-refractivity contribution in [1.82, 2.24) is 0 Å². The van der Waals surface area contributed by atoms with Gasteiger partial charge in [-0.25, -0.2) is 0 Å². The lowest BCUT2D eigenvalue weighted by atomic mass is 9.81. The molecule has 11 aromatic rings. The van der Waals surface area contributed by atoms with Crippen LogP contribution in [0.2, 0.25) is 0 Å². The molecule has 0 radical (unpaired) electrons. The summed E-state index contributed by atoms with van der Waals surface area (Å²) in [6, 6.07) is 99.1. The molecular formula is C73H58N2. The second-order valence-corrected chi connectivity index (χ2v) is 20.7. The number of hydrogen-bond donors (Lipinski definition) is 0. The van der Waals surface area contributed by atoms with E-state index in [-0.39, 0.29) is 5.41 Å². The monoisotopic (exact) mass is 962 g/mol. The zero-order chi connectivity index (χ0) is 50.3. The fourth-order valence-electron chi connectivity index (χ4n) is 12.1. The second-order valence-electron chi connectivity index (χ2n) is 20.7. The molecule has 0 spiro atoms. The van der Waals surface area contributed by atoms with Gasteiger partial charge < -0.3 is 9.80 Å². The molecule has 0 aromatic heterocycles. The predicted molar refractivity (Wildman–Crippen MR) is 316 cm³/mol. The summed E-state index contributed by atoms with van der Waals surface area (Å²) >= 11 is 0. The summed E-state index contributed by atoms with van der Waals surface area (Å²) in [4.78, 5) is 5.01. The minimum absolute atomic E-state index is 0.214. The van der Waals surface area contributed by atoms with Gasteiger partial charge in [0.05, 0.1) is 0 Å². The van der Waals surface area contributed by atoms with Gasteiger partial charge in [-0.3, -0.25) is 0 Å². The molecular weight excluding hydrogens is 905 g/mol. The maximum Gasteiger partial charge on any atom is 0.0496 e. The van der Waals surface area contributed by atoms with E-state index in [1.54, 1.807) is 0 Å². The predicted octanol–water partition coefficient (Wildman–Crippen LogP) is 19.5. The molecule has 0 aliphatic heterocycles. The average molecular weight is 963 g/mol. The highest BCUT2D eigenvalue weighted by Crippen LogP contribution is 2.54. The van der Waals surface area contributed by atoms with Gasteiger partial charge in [0.15, 0.2) is 0 Å². The fraction of sp³-hybridized carbons (Fsp3) is 0.0959. The summed E-state index contributed by atoms with van der Waals surface area (Å²) < 4.78 is 0. The van der Waals surface area contributed by atoms with Crippen molar-refractivity contribution in [2.45, 2.75) is 44.9 Å². The zero-order valence-corrected chi connectivity index (χ0v) is 42.6. The average Bonchev–Trinajstić information content (AvgIpc) is 3.71. The van der Waals surface area contributed by atoms with Crippen molar-refractivity contribution in [3.05, 3.63) is 300 Å². The summed E-state index contributed by atoms with van der Waals surface area (Å²) in [7, 11) is 0. The number of anilines is 6. The smallest absolute Gasteiger partial charge is 0.0496 e. The van der Waals surface area contributed by atoms with Crippen LogP contribution in [0, 0.1) is 0 Å². The molecule has 0 unspecified atom stereocenters. The van der Waals surface area contributed by atoms with Crippen LogP contribution in [0.4, 0.5) is 34.1 Å². The number of aryl methyl sites for hydroxylation is 4. The van der Waals surface area contributed by atoms with E-state index in [1.165, 1.54) is 112 Å². The first-order chi connectivity index (χ1) is 37.0. The molecule has 0 saturated heterocycles. The maximum absolute atomic E-state index is 2.56. The third-order valence-corrected chi connectivity index (χ3v) is 15.9. The zero-order valence-electron chi connectivity index (χ0n) is 42.6. The fourth-order valence-corrected chi connectivity index (χ4v) is 12.1. The van der Waals surface area contributed by atoms with Crippen molar-refractivity contribution in [2.24, 2.45) is 0 Å². The van der Waals surface area contributed by atoms with E-state index in [2.05, 4.69) is 291 Å². The Hall–Kier alpha value is -8.98. The Morgan fingerprint density at radius 3 is 1.19 bits per heavy atom. The van der Waals surface area contributed by atoms with Crippen molar-refractivity contribution in [1.29, 1.82) is 0 Å². The van der Waals surface area contributed by atoms with E-state index in [1.807, 2.05) is 0 Å². The molecule has 5 aliphatic rings. The number of rotatable bonds is 10. The van der Waals surface area contributed by atoms with Crippen molar-refractivity contribution in [3.63, 3.8) is 0 Å². The van der Waals surface area contributed by atoms with Gasteiger partial charge in [-0.15, -0.1) is 0 Å².